The summed E-state index contributed by atoms with van der Waals surface area (Å²) >= 11 is 0. The van der Waals surface area contributed by atoms with Crippen molar-refractivity contribution in [3.8, 4) is 11.5 Å². The van der Waals surface area contributed by atoms with Crippen molar-refractivity contribution in [3.63, 3.8) is 0 Å². The van der Waals surface area contributed by atoms with Gasteiger partial charge in [-0.3, -0.25) is 4.79 Å². The third kappa shape index (κ3) is 3.32. The summed E-state index contributed by atoms with van der Waals surface area (Å²) in [6.45, 7) is 3.53. The van der Waals surface area contributed by atoms with Crippen LogP contribution in [0.3, 0.4) is 0 Å². The van der Waals surface area contributed by atoms with Gasteiger partial charge in [-0.15, -0.1) is 0 Å². The summed E-state index contributed by atoms with van der Waals surface area (Å²) in [5.74, 6) is 0.410. The number of benzene rings is 2. The number of para-hydroxylation sites is 2. The molecule has 0 radical (unpaired) electrons. The second-order valence-corrected chi connectivity index (χ2v) is 6.81. The maximum Gasteiger partial charge on any atom is 0.257 e. The highest BCUT2D eigenvalue weighted by Gasteiger charge is 2.36. The van der Waals surface area contributed by atoms with Crippen LogP contribution in [0, 0.1) is 0 Å². The topological polar surface area (TPSA) is 71.0 Å². The molecule has 1 fully saturated rings. The predicted molar refractivity (Wildman–Crippen MR) is 102 cm³/mol. The number of aromatic hydroxyl groups is 1. The summed E-state index contributed by atoms with van der Waals surface area (Å²) < 4.78 is 11.3. The molecule has 0 saturated carbocycles. The molecular weight excluding hydrogens is 344 g/mol. The van der Waals surface area contributed by atoms with E-state index < -0.39 is 6.17 Å². The highest BCUT2D eigenvalue weighted by Crippen LogP contribution is 2.40. The number of nitrogens with one attached hydrogen (secondary N) is 1. The highest BCUT2D eigenvalue weighted by molar-refractivity contribution is 6.01. The zero-order chi connectivity index (χ0) is 18.8. The van der Waals surface area contributed by atoms with E-state index in [0.29, 0.717) is 30.0 Å². The lowest BCUT2D eigenvalue weighted by molar-refractivity contribution is 0.0424. The number of rotatable bonds is 5. The minimum atomic E-state index is -0.489. The van der Waals surface area contributed by atoms with Crippen LogP contribution in [0.15, 0.2) is 42.5 Å². The number of amides is 1. The van der Waals surface area contributed by atoms with Gasteiger partial charge in [0.05, 0.1) is 18.3 Å². The molecule has 2 aliphatic heterocycles. The van der Waals surface area contributed by atoms with Gasteiger partial charge >= 0.3 is 0 Å². The van der Waals surface area contributed by atoms with E-state index in [1.165, 1.54) is 0 Å². The Morgan fingerprint density at radius 3 is 2.89 bits per heavy atom. The van der Waals surface area contributed by atoms with Crippen molar-refractivity contribution in [3.05, 3.63) is 53.6 Å². The molecule has 27 heavy (non-hydrogen) atoms. The molecule has 2 aromatic carbocycles. The van der Waals surface area contributed by atoms with Crippen LogP contribution >= 0.6 is 0 Å². The lowest BCUT2D eigenvalue weighted by atomic mass is 10.0. The number of phenols is 1. The third-order valence-electron chi connectivity index (χ3n) is 5.07. The summed E-state index contributed by atoms with van der Waals surface area (Å²) in [6.07, 6.45) is 1.47. The number of phenolic OH excluding ortho intramolecular Hbond substituents is 1. The molecule has 2 heterocycles. The molecule has 142 valence electrons. The van der Waals surface area contributed by atoms with Crippen molar-refractivity contribution in [2.75, 3.05) is 25.1 Å². The molecule has 0 spiro atoms. The van der Waals surface area contributed by atoms with Gasteiger partial charge in [-0.05, 0) is 38.0 Å². The average molecular weight is 368 g/mol. The van der Waals surface area contributed by atoms with Crippen LogP contribution in [0.2, 0.25) is 0 Å². The summed E-state index contributed by atoms with van der Waals surface area (Å²) in [5, 5.41) is 14.2. The number of fused-ring (bicyclic) bond motifs is 1. The fourth-order valence-corrected chi connectivity index (χ4v) is 3.77. The van der Waals surface area contributed by atoms with Crippen LogP contribution in [0.5, 0.6) is 11.5 Å². The minimum Gasteiger partial charge on any atom is -0.504 e. The summed E-state index contributed by atoms with van der Waals surface area (Å²) in [7, 11) is 0. The molecule has 2 atom stereocenters. The van der Waals surface area contributed by atoms with Gasteiger partial charge in [0.25, 0.3) is 5.91 Å². The van der Waals surface area contributed by atoms with Gasteiger partial charge in [0.15, 0.2) is 11.5 Å². The molecule has 2 aliphatic rings. The average Bonchev–Trinajstić information content (AvgIpc) is 3.19. The van der Waals surface area contributed by atoms with Crippen LogP contribution in [-0.2, 0) is 4.74 Å². The van der Waals surface area contributed by atoms with Gasteiger partial charge in [-0.2, -0.15) is 0 Å². The predicted octanol–water partition coefficient (Wildman–Crippen LogP) is 3.54. The Morgan fingerprint density at radius 1 is 1.26 bits per heavy atom. The van der Waals surface area contributed by atoms with Crippen molar-refractivity contribution < 1.29 is 19.4 Å². The number of carbonyl (C=O) groups is 1. The Hall–Kier alpha value is -2.73. The first-order valence-electron chi connectivity index (χ1n) is 9.42. The van der Waals surface area contributed by atoms with Gasteiger partial charge in [0, 0.05) is 24.4 Å². The van der Waals surface area contributed by atoms with Gasteiger partial charge in [-0.1, -0.05) is 24.3 Å². The van der Waals surface area contributed by atoms with Crippen molar-refractivity contribution in [1.82, 2.24) is 4.90 Å². The number of nitrogens with zero attached hydrogens (tertiary/aromatic N) is 1. The van der Waals surface area contributed by atoms with Gasteiger partial charge < -0.3 is 24.8 Å². The molecule has 4 rings (SSSR count). The molecule has 2 unspecified atom stereocenters. The first kappa shape index (κ1) is 17.7. The molecule has 0 aliphatic carbocycles. The van der Waals surface area contributed by atoms with E-state index in [4.69, 9.17) is 9.47 Å². The molecule has 2 N–H and O–H groups in total. The monoisotopic (exact) mass is 368 g/mol. The van der Waals surface area contributed by atoms with Crippen molar-refractivity contribution in [1.29, 1.82) is 0 Å². The van der Waals surface area contributed by atoms with Gasteiger partial charge in [0.2, 0.25) is 0 Å². The quantitative estimate of drug-likeness (QED) is 0.845. The maximum absolute atomic E-state index is 13.2. The Labute approximate surface area is 158 Å². The normalized spacial score (nSPS) is 21.7. The number of hydrogen-bond acceptors (Lipinski definition) is 5. The Morgan fingerprint density at radius 2 is 2.11 bits per heavy atom. The lowest BCUT2D eigenvalue weighted by Gasteiger charge is -2.39. The van der Waals surface area contributed by atoms with E-state index in [1.807, 2.05) is 43.3 Å². The fraction of sp³-hybridized carbons (Fsp3) is 0.381. The molecule has 0 bridgehead atoms. The van der Waals surface area contributed by atoms with E-state index in [1.54, 1.807) is 11.0 Å². The Bertz CT molecular complexity index is 833. The Kier molecular flexibility index (Phi) is 4.90. The highest BCUT2D eigenvalue weighted by atomic mass is 16.5. The van der Waals surface area contributed by atoms with E-state index in [0.717, 1.165) is 25.1 Å². The molecule has 0 aromatic heterocycles. The number of ether oxygens (including phenoxy) is 2. The first-order valence-corrected chi connectivity index (χ1v) is 9.42. The standard InChI is InChI=1S/C21H24N2O4/c1-2-26-18-11-5-9-16(19(18)24)20-22-17-10-4-3-8-15(17)21(25)23(20)13-14-7-6-12-27-14/h3-5,8-11,14,20,22,24H,2,6-7,12-13H2,1H3. The molecule has 6 heteroatoms. The SMILES string of the molecule is CCOc1cccc(C2Nc3ccccc3C(=O)N2CC2CCCO2)c1O. The fourth-order valence-electron chi connectivity index (χ4n) is 3.77. The largest absolute Gasteiger partial charge is 0.504 e. The number of carbonyl (C=O) groups excluding carboxylic acids is 1. The first-order chi connectivity index (χ1) is 13.2. The van der Waals surface area contributed by atoms with Crippen molar-refractivity contribution in [2.45, 2.75) is 32.0 Å². The molecule has 1 saturated heterocycles. The minimum absolute atomic E-state index is 0.0146. The second-order valence-electron chi connectivity index (χ2n) is 6.81. The number of anilines is 1. The zero-order valence-corrected chi connectivity index (χ0v) is 15.4. The van der Waals surface area contributed by atoms with Crippen LogP contribution in [-0.4, -0.2) is 41.8 Å². The summed E-state index contributed by atoms with van der Waals surface area (Å²) in [6, 6.07) is 12.8. The molecule has 1 amide bonds. The van der Waals surface area contributed by atoms with E-state index in [2.05, 4.69) is 5.32 Å². The summed E-state index contributed by atoms with van der Waals surface area (Å²) in [5.41, 5.74) is 2.01. The van der Waals surface area contributed by atoms with E-state index in [9.17, 15) is 9.90 Å². The molecular formula is C21H24N2O4. The molecule has 2 aromatic rings. The molecule has 6 nitrogen and oxygen atoms in total. The van der Waals surface area contributed by atoms with Crippen molar-refractivity contribution in [2.24, 2.45) is 0 Å². The van der Waals surface area contributed by atoms with Crippen molar-refractivity contribution >= 4 is 11.6 Å². The number of hydrogen-bond donors (Lipinski definition) is 2. The Balaban J connectivity index is 1.74. The van der Waals surface area contributed by atoms with Gasteiger partial charge in [0.1, 0.15) is 6.17 Å². The van der Waals surface area contributed by atoms with E-state index in [-0.39, 0.29) is 17.8 Å². The van der Waals surface area contributed by atoms with Gasteiger partial charge in [-0.25, -0.2) is 0 Å². The maximum atomic E-state index is 13.2. The smallest absolute Gasteiger partial charge is 0.257 e. The summed E-state index contributed by atoms with van der Waals surface area (Å²) in [4.78, 5) is 15.0. The third-order valence-corrected chi connectivity index (χ3v) is 5.07. The second kappa shape index (κ2) is 7.48. The van der Waals surface area contributed by atoms with E-state index >= 15 is 0 Å². The van der Waals surface area contributed by atoms with Crippen LogP contribution in [0.4, 0.5) is 5.69 Å². The van der Waals surface area contributed by atoms with Crippen LogP contribution < -0.4 is 10.1 Å². The zero-order valence-electron chi connectivity index (χ0n) is 15.4. The van der Waals surface area contributed by atoms with Crippen LogP contribution in [0.25, 0.3) is 0 Å². The van der Waals surface area contributed by atoms with Crippen LogP contribution in [0.1, 0.15) is 41.9 Å². The lowest BCUT2D eigenvalue weighted by Crippen LogP contribution is -2.46.